The van der Waals surface area contributed by atoms with Gasteiger partial charge in [-0.3, -0.25) is 0 Å². The Labute approximate surface area is 114 Å². The first kappa shape index (κ1) is 13.8. The molecule has 1 aromatic rings. The van der Waals surface area contributed by atoms with Crippen LogP contribution in [0.5, 0.6) is 5.75 Å². The van der Waals surface area contributed by atoms with Gasteiger partial charge in [-0.25, -0.2) is 0 Å². The molecule has 100 valence electrons. The van der Waals surface area contributed by atoms with Gasteiger partial charge in [0.2, 0.25) is 0 Å². The molecule has 1 aromatic carbocycles. The Balaban J connectivity index is 1.78. The fourth-order valence-corrected chi connectivity index (χ4v) is 2.75. The van der Waals surface area contributed by atoms with E-state index in [0.717, 1.165) is 31.9 Å². The zero-order valence-electron chi connectivity index (χ0n) is 11.4. The van der Waals surface area contributed by atoms with Crippen molar-refractivity contribution in [2.75, 3.05) is 19.4 Å². The van der Waals surface area contributed by atoms with Gasteiger partial charge in [0, 0.05) is 17.8 Å². The second kappa shape index (κ2) is 6.48. The SMILES string of the molecule is CCCOc1cccc(CNCC2(SC)CC2)c1. The number of thioether (sulfide) groups is 1. The van der Waals surface area contributed by atoms with Crippen LogP contribution in [0.15, 0.2) is 24.3 Å². The summed E-state index contributed by atoms with van der Waals surface area (Å²) in [5, 5.41) is 3.56. The molecule has 0 heterocycles. The Morgan fingerprint density at radius 1 is 1.39 bits per heavy atom. The molecule has 0 aliphatic heterocycles. The normalized spacial score (nSPS) is 16.6. The van der Waals surface area contributed by atoms with Crippen molar-refractivity contribution in [2.24, 2.45) is 0 Å². The van der Waals surface area contributed by atoms with Crippen LogP contribution >= 0.6 is 11.8 Å². The van der Waals surface area contributed by atoms with Crippen LogP contribution in [0.2, 0.25) is 0 Å². The van der Waals surface area contributed by atoms with Crippen LogP contribution in [0.1, 0.15) is 31.7 Å². The summed E-state index contributed by atoms with van der Waals surface area (Å²) in [6.07, 6.45) is 5.99. The van der Waals surface area contributed by atoms with Crippen LogP contribution in [0.25, 0.3) is 0 Å². The van der Waals surface area contributed by atoms with Crippen LogP contribution in [-0.2, 0) is 6.54 Å². The molecule has 0 spiro atoms. The molecule has 0 bridgehead atoms. The van der Waals surface area contributed by atoms with E-state index in [2.05, 4.69) is 36.7 Å². The molecule has 2 nitrogen and oxygen atoms in total. The molecule has 2 rings (SSSR count). The molecule has 3 heteroatoms. The monoisotopic (exact) mass is 265 g/mol. The van der Waals surface area contributed by atoms with Gasteiger partial charge in [-0.15, -0.1) is 0 Å². The summed E-state index contributed by atoms with van der Waals surface area (Å²) in [6, 6.07) is 8.40. The fourth-order valence-electron chi connectivity index (χ4n) is 1.99. The Bertz CT molecular complexity index is 377. The Kier molecular flexibility index (Phi) is 4.95. The van der Waals surface area contributed by atoms with Crippen molar-refractivity contribution in [3.05, 3.63) is 29.8 Å². The maximum atomic E-state index is 5.64. The van der Waals surface area contributed by atoms with Gasteiger partial charge in [0.05, 0.1) is 6.61 Å². The van der Waals surface area contributed by atoms with Gasteiger partial charge in [0.1, 0.15) is 5.75 Å². The van der Waals surface area contributed by atoms with E-state index in [9.17, 15) is 0 Å². The van der Waals surface area contributed by atoms with Crippen molar-refractivity contribution in [1.29, 1.82) is 0 Å². The lowest BCUT2D eigenvalue weighted by Crippen LogP contribution is -2.25. The lowest BCUT2D eigenvalue weighted by Gasteiger charge is -2.13. The molecule has 0 saturated heterocycles. The standard InChI is InChI=1S/C15H23NOS/c1-3-9-17-14-6-4-5-13(10-14)11-16-12-15(18-2)7-8-15/h4-6,10,16H,3,7-9,11-12H2,1-2H3. The van der Waals surface area contributed by atoms with Crippen LogP contribution in [-0.4, -0.2) is 24.2 Å². The third kappa shape index (κ3) is 3.92. The van der Waals surface area contributed by atoms with E-state index in [-0.39, 0.29) is 0 Å². The minimum atomic E-state index is 0.538. The molecule has 1 N–H and O–H groups in total. The molecule has 0 atom stereocenters. The highest BCUT2D eigenvalue weighted by Gasteiger charge is 2.41. The summed E-state index contributed by atoms with van der Waals surface area (Å²) in [5.41, 5.74) is 1.31. The third-order valence-electron chi connectivity index (χ3n) is 3.39. The van der Waals surface area contributed by atoms with Gasteiger partial charge in [-0.2, -0.15) is 11.8 Å². The molecule has 0 radical (unpaired) electrons. The number of hydrogen-bond donors (Lipinski definition) is 1. The number of nitrogens with one attached hydrogen (secondary N) is 1. The van der Waals surface area contributed by atoms with E-state index in [4.69, 9.17) is 4.74 Å². The van der Waals surface area contributed by atoms with Gasteiger partial charge >= 0.3 is 0 Å². The van der Waals surface area contributed by atoms with Gasteiger partial charge in [0.25, 0.3) is 0 Å². The number of hydrogen-bond acceptors (Lipinski definition) is 3. The van der Waals surface area contributed by atoms with E-state index in [1.165, 1.54) is 18.4 Å². The van der Waals surface area contributed by atoms with Crippen molar-refractivity contribution >= 4 is 11.8 Å². The van der Waals surface area contributed by atoms with Gasteiger partial charge in [-0.05, 0) is 43.2 Å². The van der Waals surface area contributed by atoms with Crippen LogP contribution < -0.4 is 10.1 Å². The van der Waals surface area contributed by atoms with Crippen molar-refractivity contribution in [3.63, 3.8) is 0 Å². The molecule has 0 unspecified atom stereocenters. The molecule has 0 amide bonds. The predicted octanol–water partition coefficient (Wildman–Crippen LogP) is 3.46. The lowest BCUT2D eigenvalue weighted by atomic mass is 10.2. The summed E-state index contributed by atoms with van der Waals surface area (Å²) in [4.78, 5) is 0. The van der Waals surface area contributed by atoms with Crippen molar-refractivity contribution in [1.82, 2.24) is 5.32 Å². The first-order valence-electron chi connectivity index (χ1n) is 6.75. The van der Waals surface area contributed by atoms with Gasteiger partial charge in [-0.1, -0.05) is 19.1 Å². The van der Waals surface area contributed by atoms with E-state index in [0.29, 0.717) is 4.75 Å². The predicted molar refractivity (Wildman–Crippen MR) is 79.4 cm³/mol. The second-order valence-electron chi connectivity index (χ2n) is 4.99. The summed E-state index contributed by atoms with van der Waals surface area (Å²) >= 11 is 2.00. The zero-order valence-corrected chi connectivity index (χ0v) is 12.2. The van der Waals surface area contributed by atoms with E-state index in [1.54, 1.807) is 0 Å². The van der Waals surface area contributed by atoms with Crippen LogP contribution in [0.3, 0.4) is 0 Å². The van der Waals surface area contributed by atoms with Crippen LogP contribution in [0.4, 0.5) is 0 Å². The molecular formula is C15H23NOS. The highest BCUT2D eigenvalue weighted by molar-refractivity contribution is 8.00. The molecule has 1 aliphatic rings. The zero-order chi connectivity index (χ0) is 12.8. The molecule has 1 fully saturated rings. The first-order chi connectivity index (χ1) is 8.78. The van der Waals surface area contributed by atoms with E-state index in [1.807, 2.05) is 17.8 Å². The average molecular weight is 265 g/mol. The minimum absolute atomic E-state index is 0.538. The Morgan fingerprint density at radius 3 is 2.89 bits per heavy atom. The molecule has 0 aromatic heterocycles. The highest BCUT2D eigenvalue weighted by atomic mass is 32.2. The maximum Gasteiger partial charge on any atom is 0.119 e. The Hall–Kier alpha value is -0.670. The largest absolute Gasteiger partial charge is 0.494 e. The van der Waals surface area contributed by atoms with Crippen molar-refractivity contribution in [3.8, 4) is 5.75 Å². The topological polar surface area (TPSA) is 21.3 Å². The second-order valence-corrected chi connectivity index (χ2v) is 6.26. The van der Waals surface area contributed by atoms with Gasteiger partial charge < -0.3 is 10.1 Å². The van der Waals surface area contributed by atoms with Crippen molar-refractivity contribution < 1.29 is 4.74 Å². The quantitative estimate of drug-likeness (QED) is 0.778. The summed E-state index contributed by atoms with van der Waals surface area (Å²) in [6.45, 7) is 4.98. The third-order valence-corrected chi connectivity index (χ3v) is 4.81. The summed E-state index contributed by atoms with van der Waals surface area (Å²) < 4.78 is 6.18. The summed E-state index contributed by atoms with van der Waals surface area (Å²) in [7, 11) is 0. The number of ether oxygens (including phenoxy) is 1. The smallest absolute Gasteiger partial charge is 0.119 e. The van der Waals surface area contributed by atoms with Crippen molar-refractivity contribution in [2.45, 2.75) is 37.5 Å². The number of benzene rings is 1. The highest BCUT2D eigenvalue weighted by Crippen LogP contribution is 2.46. The Morgan fingerprint density at radius 2 is 2.22 bits per heavy atom. The molecule has 1 saturated carbocycles. The van der Waals surface area contributed by atoms with Crippen LogP contribution in [0, 0.1) is 0 Å². The summed E-state index contributed by atoms with van der Waals surface area (Å²) in [5.74, 6) is 0.988. The lowest BCUT2D eigenvalue weighted by molar-refractivity contribution is 0.317. The van der Waals surface area contributed by atoms with E-state index < -0.39 is 0 Å². The molecule has 1 aliphatic carbocycles. The maximum absolute atomic E-state index is 5.64. The van der Waals surface area contributed by atoms with E-state index >= 15 is 0 Å². The fraction of sp³-hybridized carbons (Fsp3) is 0.600. The van der Waals surface area contributed by atoms with Gasteiger partial charge in [0.15, 0.2) is 0 Å². The number of rotatable bonds is 8. The first-order valence-corrected chi connectivity index (χ1v) is 7.98. The molecular weight excluding hydrogens is 242 g/mol. The average Bonchev–Trinajstić information content (AvgIpc) is 3.17. The minimum Gasteiger partial charge on any atom is -0.494 e. The molecule has 18 heavy (non-hydrogen) atoms.